The number of aryl methyl sites for hydroxylation is 2. The van der Waals surface area contributed by atoms with Crippen LogP contribution in [0.15, 0.2) is 53.4 Å². The molecule has 0 amide bonds. The first kappa shape index (κ1) is 20.6. The Morgan fingerprint density at radius 2 is 1.58 bits per heavy atom. The van der Waals surface area contributed by atoms with E-state index in [1.807, 2.05) is 23.9 Å². The van der Waals surface area contributed by atoms with Crippen molar-refractivity contribution in [3.8, 4) is 0 Å². The summed E-state index contributed by atoms with van der Waals surface area (Å²) >= 11 is 1.88. The van der Waals surface area contributed by atoms with Gasteiger partial charge in [0.25, 0.3) is 0 Å². The molecule has 0 bridgehead atoms. The molecule has 2 heteroatoms. The molecule has 0 unspecified atom stereocenters. The van der Waals surface area contributed by atoms with Crippen LogP contribution in [0, 0.1) is 18.8 Å². The maximum Gasteiger partial charge on any atom is 0.0314 e. The summed E-state index contributed by atoms with van der Waals surface area (Å²) < 4.78 is 0. The fourth-order valence-corrected chi connectivity index (χ4v) is 3.00. The molecular weight excluding hydrogens is 310 g/mol. The lowest BCUT2D eigenvalue weighted by Crippen LogP contribution is -1.92. The monoisotopic (exact) mass is 343 g/mol. The van der Waals surface area contributed by atoms with Crippen LogP contribution in [-0.2, 0) is 6.42 Å². The van der Waals surface area contributed by atoms with E-state index in [0.29, 0.717) is 0 Å². The second-order valence-corrected chi connectivity index (χ2v) is 8.29. The Balaban J connectivity index is 0.000000240. The topological polar surface area (TPSA) is 26.0 Å². The molecule has 132 valence electrons. The maximum absolute atomic E-state index is 5.57. The molecule has 0 aromatic heterocycles. The van der Waals surface area contributed by atoms with E-state index in [1.165, 1.54) is 34.6 Å². The van der Waals surface area contributed by atoms with Crippen LogP contribution in [0.25, 0.3) is 0 Å². The van der Waals surface area contributed by atoms with Crippen molar-refractivity contribution in [1.82, 2.24) is 0 Å². The Morgan fingerprint density at radius 3 is 2.12 bits per heavy atom. The Labute approximate surface area is 153 Å². The van der Waals surface area contributed by atoms with E-state index in [2.05, 4.69) is 71.0 Å². The van der Waals surface area contributed by atoms with E-state index in [4.69, 9.17) is 5.73 Å². The molecule has 0 fully saturated rings. The standard InChI is InChI=1S/C12H18.C10H15NS/c1-10(2)7-8-12-6-4-5-11(3)9-12;1-8(2)7-12-10-5-3-9(11)4-6-10/h4-6,9-10H,7-8H2,1-3H3;3-6,8H,7,11H2,1-2H3. The number of nitrogen functional groups attached to an aromatic ring is 1. The van der Waals surface area contributed by atoms with Crippen LogP contribution in [0.1, 0.15) is 45.2 Å². The zero-order valence-corrected chi connectivity index (χ0v) is 16.7. The van der Waals surface area contributed by atoms with E-state index >= 15 is 0 Å². The average molecular weight is 344 g/mol. The summed E-state index contributed by atoms with van der Waals surface area (Å²) in [7, 11) is 0. The third-order valence-electron chi connectivity index (χ3n) is 3.56. The Hall–Kier alpha value is -1.41. The second-order valence-electron chi connectivity index (χ2n) is 7.20. The van der Waals surface area contributed by atoms with Gasteiger partial charge in [-0.15, -0.1) is 11.8 Å². The van der Waals surface area contributed by atoms with Gasteiger partial charge in [-0.1, -0.05) is 57.5 Å². The van der Waals surface area contributed by atoms with Crippen LogP contribution >= 0.6 is 11.8 Å². The zero-order chi connectivity index (χ0) is 17.9. The molecule has 2 rings (SSSR count). The molecule has 24 heavy (non-hydrogen) atoms. The van der Waals surface area contributed by atoms with Gasteiger partial charge in [0.05, 0.1) is 0 Å². The lowest BCUT2D eigenvalue weighted by Gasteiger charge is -2.04. The number of thioether (sulfide) groups is 1. The fourth-order valence-electron chi connectivity index (χ4n) is 2.15. The predicted molar refractivity (Wildman–Crippen MR) is 111 cm³/mol. The molecule has 0 aliphatic rings. The van der Waals surface area contributed by atoms with Gasteiger partial charge in [0.2, 0.25) is 0 Å². The quantitative estimate of drug-likeness (QED) is 0.472. The summed E-state index contributed by atoms with van der Waals surface area (Å²) in [6.45, 7) is 11.2. The first-order valence-corrected chi connectivity index (χ1v) is 9.89. The minimum Gasteiger partial charge on any atom is -0.399 e. The molecule has 0 atom stereocenters. The van der Waals surface area contributed by atoms with E-state index in [-0.39, 0.29) is 0 Å². The Kier molecular flexibility index (Phi) is 9.63. The number of nitrogens with two attached hydrogens (primary N) is 1. The van der Waals surface area contributed by atoms with Crippen LogP contribution < -0.4 is 5.73 Å². The van der Waals surface area contributed by atoms with Gasteiger partial charge in [-0.3, -0.25) is 0 Å². The van der Waals surface area contributed by atoms with Crippen molar-refractivity contribution in [3.63, 3.8) is 0 Å². The minimum atomic E-state index is 0.743. The van der Waals surface area contributed by atoms with Crippen molar-refractivity contribution in [2.45, 2.75) is 52.4 Å². The highest BCUT2D eigenvalue weighted by Crippen LogP contribution is 2.21. The first-order valence-electron chi connectivity index (χ1n) is 8.90. The second kappa shape index (κ2) is 11.2. The molecule has 2 N–H and O–H groups in total. The third kappa shape index (κ3) is 9.67. The van der Waals surface area contributed by atoms with Crippen LogP contribution in [0.2, 0.25) is 0 Å². The molecule has 2 aromatic rings. The van der Waals surface area contributed by atoms with Crippen molar-refractivity contribution >= 4 is 17.4 Å². The third-order valence-corrected chi connectivity index (χ3v) is 5.00. The van der Waals surface area contributed by atoms with Gasteiger partial charge in [-0.25, -0.2) is 0 Å². The minimum absolute atomic E-state index is 0.743. The Morgan fingerprint density at radius 1 is 0.917 bits per heavy atom. The number of benzene rings is 2. The molecule has 0 aliphatic carbocycles. The number of anilines is 1. The normalized spacial score (nSPS) is 10.6. The van der Waals surface area contributed by atoms with Gasteiger partial charge in [-0.05, 0) is 61.4 Å². The summed E-state index contributed by atoms with van der Waals surface area (Å²) in [6, 6.07) is 16.8. The van der Waals surface area contributed by atoms with Crippen LogP contribution in [0.5, 0.6) is 0 Å². The van der Waals surface area contributed by atoms with Gasteiger partial charge in [0.15, 0.2) is 0 Å². The molecule has 0 aliphatic heterocycles. The molecule has 0 spiro atoms. The SMILES string of the molecule is CC(C)CSc1ccc(N)cc1.Cc1cccc(CCC(C)C)c1. The van der Waals surface area contributed by atoms with Crippen LogP contribution in [0.4, 0.5) is 5.69 Å². The average Bonchev–Trinajstić information content (AvgIpc) is 2.53. The zero-order valence-electron chi connectivity index (χ0n) is 15.9. The molecule has 2 aromatic carbocycles. The van der Waals surface area contributed by atoms with Gasteiger partial charge >= 0.3 is 0 Å². The predicted octanol–water partition coefficient (Wildman–Crippen LogP) is 6.60. The summed E-state index contributed by atoms with van der Waals surface area (Å²) in [5, 5.41) is 0. The van der Waals surface area contributed by atoms with Gasteiger partial charge in [-0.2, -0.15) is 0 Å². The summed E-state index contributed by atoms with van der Waals surface area (Å²) in [5.41, 5.74) is 9.26. The number of hydrogen-bond acceptors (Lipinski definition) is 2. The Bertz CT molecular complexity index is 573. The fraction of sp³-hybridized carbons (Fsp3) is 0.455. The highest BCUT2D eigenvalue weighted by molar-refractivity contribution is 7.99. The number of rotatable bonds is 6. The van der Waals surface area contributed by atoms with E-state index < -0.39 is 0 Å². The maximum atomic E-state index is 5.57. The van der Waals surface area contributed by atoms with Crippen molar-refractivity contribution in [3.05, 3.63) is 59.7 Å². The van der Waals surface area contributed by atoms with E-state index in [9.17, 15) is 0 Å². The van der Waals surface area contributed by atoms with Gasteiger partial charge < -0.3 is 5.73 Å². The summed E-state index contributed by atoms with van der Waals surface area (Å²) in [4.78, 5) is 1.30. The first-order chi connectivity index (χ1) is 11.4. The molecule has 0 radical (unpaired) electrons. The molecule has 0 saturated carbocycles. The van der Waals surface area contributed by atoms with Gasteiger partial charge in [0.1, 0.15) is 0 Å². The van der Waals surface area contributed by atoms with E-state index in [0.717, 1.165) is 17.5 Å². The summed E-state index contributed by atoms with van der Waals surface area (Å²) in [6.07, 6.45) is 2.52. The lowest BCUT2D eigenvalue weighted by atomic mass is 10.0. The molecule has 0 saturated heterocycles. The van der Waals surface area contributed by atoms with E-state index in [1.54, 1.807) is 0 Å². The molecule has 1 nitrogen and oxygen atoms in total. The largest absolute Gasteiger partial charge is 0.399 e. The number of hydrogen-bond donors (Lipinski definition) is 1. The highest BCUT2D eigenvalue weighted by atomic mass is 32.2. The van der Waals surface area contributed by atoms with Crippen molar-refractivity contribution in [2.75, 3.05) is 11.5 Å². The van der Waals surface area contributed by atoms with Crippen LogP contribution in [0.3, 0.4) is 0 Å². The molecule has 0 heterocycles. The van der Waals surface area contributed by atoms with Crippen molar-refractivity contribution < 1.29 is 0 Å². The van der Waals surface area contributed by atoms with Crippen LogP contribution in [-0.4, -0.2) is 5.75 Å². The highest BCUT2D eigenvalue weighted by Gasteiger charge is 1.97. The smallest absolute Gasteiger partial charge is 0.0314 e. The molecular formula is C22H33NS. The summed E-state index contributed by atoms with van der Waals surface area (Å²) in [5.74, 6) is 2.72. The van der Waals surface area contributed by atoms with Crippen molar-refractivity contribution in [2.24, 2.45) is 11.8 Å². The lowest BCUT2D eigenvalue weighted by molar-refractivity contribution is 0.586. The van der Waals surface area contributed by atoms with Crippen molar-refractivity contribution in [1.29, 1.82) is 0 Å². The van der Waals surface area contributed by atoms with Gasteiger partial charge in [0, 0.05) is 16.3 Å².